The van der Waals surface area contributed by atoms with Crippen LogP contribution in [0.5, 0.6) is 0 Å². The molecule has 0 atom stereocenters. The summed E-state index contributed by atoms with van der Waals surface area (Å²) >= 11 is 0. The maximum Gasteiger partial charge on any atom is 0.255 e. The number of halogens is 1. The molecule has 0 bridgehead atoms. The first-order valence-electron chi connectivity index (χ1n) is 7.06. The first kappa shape index (κ1) is 14.4. The molecule has 0 radical (unpaired) electrons. The third kappa shape index (κ3) is 2.38. The summed E-state index contributed by atoms with van der Waals surface area (Å²) in [5.74, 6) is 0. The molecule has 2 nitrogen and oxygen atoms in total. The molecule has 0 saturated carbocycles. The first-order chi connectivity index (χ1) is 10.4. The van der Waals surface area contributed by atoms with Crippen LogP contribution < -0.4 is 4.57 Å². The predicted octanol–water partition coefficient (Wildman–Crippen LogP) is 4.33. The maximum absolute atomic E-state index is 2.22. The average molecular weight is 308 g/mol. The third-order valence-corrected chi connectivity index (χ3v) is 3.70. The quantitative estimate of drug-likeness (QED) is 0.487. The first-order valence-corrected chi connectivity index (χ1v) is 7.06. The Hall–Kier alpha value is -2.58. The molecule has 0 unspecified atom stereocenters. The number of nitrogens with zero attached hydrogens (tertiary/aromatic N) is 2. The molecule has 3 heteroatoms. The van der Waals surface area contributed by atoms with Crippen molar-refractivity contribution in [2.75, 3.05) is 0 Å². The van der Waals surface area contributed by atoms with Gasteiger partial charge >= 0.3 is 0 Å². The highest BCUT2D eigenvalue weighted by Crippen LogP contribution is 2.18. The van der Waals surface area contributed by atoms with Crippen molar-refractivity contribution >= 4 is 23.4 Å². The fraction of sp³-hybridized carbons (Fsp3) is 0. The summed E-state index contributed by atoms with van der Waals surface area (Å²) in [4.78, 5) is 0. The van der Waals surface area contributed by atoms with Crippen molar-refractivity contribution in [3.63, 3.8) is 0 Å². The normalized spacial score (nSPS) is 10.4. The molecule has 0 aliphatic rings. The van der Waals surface area contributed by atoms with Gasteiger partial charge in [0.2, 0.25) is 0 Å². The van der Waals surface area contributed by atoms with Crippen molar-refractivity contribution in [1.82, 2.24) is 4.57 Å². The van der Waals surface area contributed by atoms with Gasteiger partial charge in [-0.15, -0.1) is 12.4 Å². The van der Waals surface area contributed by atoms with Crippen LogP contribution in [0.3, 0.4) is 0 Å². The van der Waals surface area contributed by atoms with Crippen LogP contribution in [0.25, 0.3) is 22.4 Å². The van der Waals surface area contributed by atoms with E-state index in [9.17, 15) is 0 Å². The molecular formula is C19H16ClN2+. The average Bonchev–Trinajstić information content (AvgIpc) is 2.96. The highest BCUT2D eigenvalue weighted by atomic mass is 35.5. The summed E-state index contributed by atoms with van der Waals surface area (Å²) < 4.78 is 4.45. The van der Waals surface area contributed by atoms with Gasteiger partial charge < -0.3 is 0 Å². The Labute approximate surface area is 135 Å². The van der Waals surface area contributed by atoms with E-state index >= 15 is 0 Å². The van der Waals surface area contributed by atoms with Crippen LogP contribution in [-0.4, -0.2) is 4.57 Å². The molecule has 108 valence electrons. The van der Waals surface area contributed by atoms with Crippen molar-refractivity contribution in [3.8, 4) is 11.4 Å². The highest BCUT2D eigenvalue weighted by molar-refractivity contribution is 5.85. The van der Waals surface area contributed by atoms with Crippen molar-refractivity contribution in [3.05, 3.63) is 91.3 Å². The summed E-state index contributed by atoms with van der Waals surface area (Å²) in [5, 5.41) is 0. The van der Waals surface area contributed by atoms with Gasteiger partial charge in [-0.1, -0.05) is 48.5 Å². The van der Waals surface area contributed by atoms with Crippen LogP contribution in [0, 0.1) is 0 Å². The molecular weight excluding hydrogens is 292 g/mol. The summed E-state index contributed by atoms with van der Waals surface area (Å²) in [7, 11) is 0. The number of para-hydroxylation sites is 4. The zero-order chi connectivity index (χ0) is 14.1. The minimum atomic E-state index is 0. The second kappa shape index (κ2) is 6.04. The van der Waals surface area contributed by atoms with E-state index in [4.69, 9.17) is 0 Å². The molecule has 3 aromatic carbocycles. The van der Waals surface area contributed by atoms with Crippen LogP contribution in [-0.2, 0) is 0 Å². The van der Waals surface area contributed by atoms with Gasteiger partial charge in [0.15, 0.2) is 11.0 Å². The van der Waals surface area contributed by atoms with E-state index < -0.39 is 0 Å². The molecule has 0 aliphatic heterocycles. The smallest absolute Gasteiger partial charge is 0.195 e. The zero-order valence-corrected chi connectivity index (χ0v) is 12.8. The van der Waals surface area contributed by atoms with Crippen molar-refractivity contribution in [1.29, 1.82) is 0 Å². The third-order valence-electron chi connectivity index (χ3n) is 3.70. The summed E-state index contributed by atoms with van der Waals surface area (Å²) in [6.45, 7) is 0. The summed E-state index contributed by atoms with van der Waals surface area (Å²) in [6.07, 6.45) is 2.15. The van der Waals surface area contributed by atoms with Gasteiger partial charge in [-0.2, -0.15) is 9.13 Å². The second-order valence-corrected chi connectivity index (χ2v) is 5.02. The Morgan fingerprint density at radius 1 is 0.636 bits per heavy atom. The van der Waals surface area contributed by atoms with E-state index in [-0.39, 0.29) is 12.4 Å². The van der Waals surface area contributed by atoms with Crippen LogP contribution in [0.4, 0.5) is 0 Å². The molecule has 0 amide bonds. The van der Waals surface area contributed by atoms with Crippen LogP contribution in [0.1, 0.15) is 0 Å². The van der Waals surface area contributed by atoms with Crippen molar-refractivity contribution in [2.24, 2.45) is 0 Å². The Morgan fingerprint density at radius 2 is 1.23 bits per heavy atom. The standard InChI is InChI=1S/C19H15N2.ClH/c1-3-9-16(10-4-1)20-15-21(17-11-5-2-6-12-17)19-14-8-7-13-18(19)20;/h1-15H;1H/q+1;. The van der Waals surface area contributed by atoms with E-state index in [2.05, 4.69) is 88.3 Å². The molecule has 0 N–H and O–H groups in total. The van der Waals surface area contributed by atoms with Crippen molar-refractivity contribution < 1.29 is 4.57 Å². The van der Waals surface area contributed by atoms with E-state index in [0.29, 0.717) is 0 Å². The fourth-order valence-electron chi connectivity index (χ4n) is 2.70. The predicted molar refractivity (Wildman–Crippen MR) is 92.1 cm³/mol. The minimum Gasteiger partial charge on any atom is -0.195 e. The largest absolute Gasteiger partial charge is 0.255 e. The number of hydrogen-bond donors (Lipinski definition) is 0. The molecule has 0 aliphatic carbocycles. The molecule has 1 heterocycles. The number of aromatic nitrogens is 2. The Morgan fingerprint density at radius 3 is 1.95 bits per heavy atom. The van der Waals surface area contributed by atoms with Crippen LogP contribution >= 0.6 is 12.4 Å². The van der Waals surface area contributed by atoms with E-state index in [0.717, 1.165) is 0 Å². The maximum atomic E-state index is 2.22. The Bertz CT molecular complexity index is 810. The molecule has 4 aromatic rings. The number of fused-ring (bicyclic) bond motifs is 1. The van der Waals surface area contributed by atoms with E-state index in [1.54, 1.807) is 0 Å². The number of hydrogen-bond acceptors (Lipinski definition) is 0. The lowest BCUT2D eigenvalue weighted by Gasteiger charge is -1.95. The molecule has 22 heavy (non-hydrogen) atoms. The molecule has 1 aromatic heterocycles. The topological polar surface area (TPSA) is 8.81 Å². The highest BCUT2D eigenvalue weighted by Gasteiger charge is 2.17. The van der Waals surface area contributed by atoms with Gasteiger partial charge in [0.1, 0.15) is 11.4 Å². The van der Waals surface area contributed by atoms with Crippen LogP contribution in [0.15, 0.2) is 91.3 Å². The second-order valence-electron chi connectivity index (χ2n) is 5.02. The van der Waals surface area contributed by atoms with E-state index in [1.165, 1.54) is 22.4 Å². The molecule has 4 rings (SSSR count). The SMILES string of the molecule is Cl.c1ccc(-n2c[n+](-c3ccccc3)c3ccccc32)cc1. The summed E-state index contributed by atoms with van der Waals surface area (Å²) in [5.41, 5.74) is 4.74. The zero-order valence-electron chi connectivity index (χ0n) is 12.0. The van der Waals surface area contributed by atoms with Gasteiger partial charge in [0.25, 0.3) is 6.33 Å². The minimum absolute atomic E-state index is 0. The monoisotopic (exact) mass is 307 g/mol. The van der Waals surface area contributed by atoms with E-state index in [1.807, 2.05) is 12.1 Å². The van der Waals surface area contributed by atoms with Gasteiger partial charge in [-0.05, 0) is 36.4 Å². The van der Waals surface area contributed by atoms with Crippen molar-refractivity contribution in [2.45, 2.75) is 0 Å². The fourth-order valence-corrected chi connectivity index (χ4v) is 2.70. The summed E-state index contributed by atoms with van der Waals surface area (Å²) in [6, 6.07) is 29.3. The Balaban J connectivity index is 0.00000144. The van der Waals surface area contributed by atoms with Gasteiger partial charge in [0, 0.05) is 0 Å². The van der Waals surface area contributed by atoms with Gasteiger partial charge in [-0.3, -0.25) is 0 Å². The molecule has 0 spiro atoms. The number of rotatable bonds is 2. The molecule has 0 fully saturated rings. The van der Waals surface area contributed by atoms with Crippen LogP contribution in [0.2, 0.25) is 0 Å². The van der Waals surface area contributed by atoms with Gasteiger partial charge in [0.05, 0.1) is 0 Å². The van der Waals surface area contributed by atoms with Gasteiger partial charge in [-0.25, -0.2) is 0 Å². The number of imidazole rings is 1. The lowest BCUT2D eigenvalue weighted by Crippen LogP contribution is -2.28. The lowest BCUT2D eigenvalue weighted by molar-refractivity contribution is -0.567. The lowest BCUT2D eigenvalue weighted by atomic mass is 10.2. The Kier molecular flexibility index (Phi) is 3.94. The number of benzene rings is 3. The molecule has 0 saturated heterocycles.